The van der Waals surface area contributed by atoms with Crippen LogP contribution in [0.2, 0.25) is 0 Å². The topological polar surface area (TPSA) is 95.7 Å². The van der Waals surface area contributed by atoms with Crippen molar-refractivity contribution in [1.82, 2.24) is 19.9 Å². The molecule has 7 nitrogen and oxygen atoms in total. The molecule has 0 unspecified atom stereocenters. The molecule has 2 heterocycles. The van der Waals surface area contributed by atoms with Crippen molar-refractivity contribution in [3.63, 3.8) is 0 Å². The summed E-state index contributed by atoms with van der Waals surface area (Å²) in [6.45, 7) is 0. The van der Waals surface area contributed by atoms with Gasteiger partial charge in [0.2, 0.25) is 0 Å². The highest BCUT2D eigenvalue weighted by Crippen LogP contribution is 2.35. The Hall–Kier alpha value is -4.91. The highest BCUT2D eigenvalue weighted by Gasteiger charge is 2.17. The fourth-order valence-electron chi connectivity index (χ4n) is 4.02. The summed E-state index contributed by atoms with van der Waals surface area (Å²) in [4.78, 5) is 27.7. The first-order valence-electron chi connectivity index (χ1n) is 11.5. The monoisotopic (exact) mass is 475 g/mol. The van der Waals surface area contributed by atoms with Crippen LogP contribution < -0.4 is 5.32 Å². The zero-order valence-corrected chi connectivity index (χ0v) is 19.9. The molecule has 7 heteroatoms. The number of hydrogen-bond donors (Lipinski definition) is 3. The molecule has 5 aromatic rings. The number of benzene rings is 3. The minimum atomic E-state index is -0.410. The van der Waals surface area contributed by atoms with Gasteiger partial charge < -0.3 is 20.0 Å². The van der Waals surface area contributed by atoms with E-state index in [1.54, 1.807) is 12.3 Å². The van der Waals surface area contributed by atoms with Crippen LogP contribution in [0.5, 0.6) is 0 Å². The molecule has 0 radical (unpaired) electrons. The van der Waals surface area contributed by atoms with Crippen molar-refractivity contribution in [1.29, 1.82) is 0 Å². The molecular weight excluding hydrogens is 450 g/mol. The lowest BCUT2D eigenvalue weighted by molar-refractivity contribution is -0.134. The third-order valence-electron chi connectivity index (χ3n) is 5.91. The van der Waals surface area contributed by atoms with Gasteiger partial charge in [0.1, 0.15) is 11.6 Å². The van der Waals surface area contributed by atoms with Crippen LogP contribution in [0.3, 0.4) is 0 Å². The Balaban J connectivity index is 1.61. The Morgan fingerprint density at radius 2 is 1.64 bits per heavy atom. The number of rotatable bonds is 7. The molecule has 0 saturated carbocycles. The predicted octanol–water partition coefficient (Wildman–Crippen LogP) is 6.03. The van der Waals surface area contributed by atoms with Crippen LogP contribution in [0.15, 0.2) is 91.3 Å². The first-order chi connectivity index (χ1) is 17.7. The predicted molar refractivity (Wildman–Crippen MR) is 143 cm³/mol. The summed E-state index contributed by atoms with van der Waals surface area (Å²) in [6, 6.07) is 24.1. The van der Waals surface area contributed by atoms with Gasteiger partial charge in [0.15, 0.2) is 0 Å². The molecule has 0 saturated heterocycles. The summed E-state index contributed by atoms with van der Waals surface area (Å²) in [5, 5.41) is 3.16. The Morgan fingerprint density at radius 3 is 2.33 bits per heavy atom. The van der Waals surface area contributed by atoms with Crippen molar-refractivity contribution in [3.05, 3.63) is 96.8 Å². The van der Waals surface area contributed by atoms with E-state index < -0.39 is 5.97 Å². The van der Waals surface area contributed by atoms with Crippen LogP contribution >= 0.6 is 0 Å². The van der Waals surface area contributed by atoms with Gasteiger partial charge in [0.05, 0.1) is 18.5 Å². The van der Waals surface area contributed by atoms with E-state index >= 15 is 0 Å². The van der Waals surface area contributed by atoms with E-state index in [2.05, 4.69) is 44.5 Å². The van der Waals surface area contributed by atoms with E-state index in [-0.39, 0.29) is 0 Å². The number of methoxy groups -OCH3 is 1. The van der Waals surface area contributed by atoms with Crippen molar-refractivity contribution in [3.8, 4) is 45.3 Å². The van der Waals surface area contributed by atoms with E-state index in [1.165, 1.54) is 13.2 Å². The minimum Gasteiger partial charge on any atom is -0.466 e. The van der Waals surface area contributed by atoms with Crippen molar-refractivity contribution >= 4 is 17.7 Å². The molecule has 0 atom stereocenters. The summed E-state index contributed by atoms with van der Waals surface area (Å²) in [5.41, 5.74) is 7.49. The quantitative estimate of drug-likeness (QED) is 0.197. The Bertz CT molecular complexity index is 1500. The van der Waals surface area contributed by atoms with E-state index in [4.69, 9.17) is 9.72 Å². The Labute approximate surface area is 208 Å². The normalized spacial score (nSPS) is 11.1. The van der Waals surface area contributed by atoms with E-state index in [0.717, 1.165) is 50.7 Å². The molecule has 36 heavy (non-hydrogen) atoms. The molecule has 3 aromatic carbocycles. The van der Waals surface area contributed by atoms with E-state index in [9.17, 15) is 4.79 Å². The number of ether oxygens (including phenoxy) is 1. The van der Waals surface area contributed by atoms with Gasteiger partial charge in [0.25, 0.3) is 0 Å². The van der Waals surface area contributed by atoms with Crippen molar-refractivity contribution in [2.45, 2.75) is 0 Å². The highest BCUT2D eigenvalue weighted by molar-refractivity contribution is 5.89. The molecule has 0 aliphatic carbocycles. The van der Waals surface area contributed by atoms with Gasteiger partial charge in [-0.05, 0) is 23.8 Å². The smallest absolute Gasteiger partial charge is 0.330 e. The van der Waals surface area contributed by atoms with Crippen molar-refractivity contribution < 1.29 is 9.53 Å². The lowest BCUT2D eigenvalue weighted by Crippen LogP contribution is -1.94. The number of nitrogens with one attached hydrogen (secondary N) is 3. The molecular formula is C29H25N5O2. The largest absolute Gasteiger partial charge is 0.466 e. The third kappa shape index (κ3) is 4.67. The molecule has 3 N–H and O–H groups in total. The van der Waals surface area contributed by atoms with Crippen LogP contribution in [0, 0.1) is 0 Å². The summed E-state index contributed by atoms with van der Waals surface area (Å²) in [7, 11) is 3.26. The summed E-state index contributed by atoms with van der Waals surface area (Å²) >= 11 is 0. The highest BCUT2D eigenvalue weighted by atomic mass is 16.5. The number of anilines is 1. The number of imidazole rings is 2. The SMILES string of the molecule is CNc1ccc(-c2nc(-c3ccccc3/C=C/C(=O)OC)[nH]c2-c2ccc(-c3ncc[nH]3)cc2)cc1. The number of H-pyrrole nitrogens is 2. The second-order valence-electron chi connectivity index (χ2n) is 8.10. The minimum absolute atomic E-state index is 0.410. The first kappa shape index (κ1) is 22.9. The molecule has 2 aromatic heterocycles. The van der Waals surface area contributed by atoms with Crippen molar-refractivity contribution in [2.24, 2.45) is 0 Å². The maximum absolute atomic E-state index is 11.7. The number of aromatic nitrogens is 4. The lowest BCUT2D eigenvalue weighted by Gasteiger charge is -2.06. The van der Waals surface area contributed by atoms with Crippen molar-refractivity contribution in [2.75, 3.05) is 19.5 Å². The van der Waals surface area contributed by atoms with Gasteiger partial charge in [0, 0.05) is 53.5 Å². The van der Waals surface area contributed by atoms with Gasteiger partial charge in [-0.1, -0.05) is 60.7 Å². The summed E-state index contributed by atoms with van der Waals surface area (Å²) in [5.74, 6) is 1.12. The summed E-state index contributed by atoms with van der Waals surface area (Å²) in [6.07, 6.45) is 6.70. The van der Waals surface area contributed by atoms with Crippen LogP contribution in [0.4, 0.5) is 5.69 Å². The van der Waals surface area contributed by atoms with Crippen LogP contribution in [-0.4, -0.2) is 40.1 Å². The average Bonchev–Trinajstić information content (AvgIpc) is 3.63. The fraction of sp³-hybridized carbons (Fsp3) is 0.0690. The zero-order chi connectivity index (χ0) is 24.9. The van der Waals surface area contributed by atoms with Crippen LogP contribution in [-0.2, 0) is 9.53 Å². The number of nitrogens with zero attached hydrogens (tertiary/aromatic N) is 2. The molecule has 0 amide bonds. The van der Waals surface area contributed by atoms with Gasteiger partial charge in [-0.25, -0.2) is 14.8 Å². The molecule has 5 rings (SSSR count). The van der Waals surface area contributed by atoms with Crippen LogP contribution in [0.25, 0.3) is 51.4 Å². The molecule has 0 bridgehead atoms. The van der Waals surface area contributed by atoms with E-state index in [0.29, 0.717) is 5.82 Å². The number of carbonyl (C=O) groups is 1. The standard InChI is InChI=1S/C29H25N5O2/c1-30-23-14-11-21(12-15-23)27-26(20-7-9-22(10-8-20)28-31-17-18-32-28)33-29(34-27)24-6-4-3-5-19(24)13-16-25(35)36-2/h3-18,30H,1-2H3,(H,31,32)(H,33,34)/b16-13+. The number of esters is 1. The molecule has 0 aliphatic rings. The van der Waals surface area contributed by atoms with Gasteiger partial charge in [-0.15, -0.1) is 0 Å². The maximum atomic E-state index is 11.7. The zero-order valence-electron chi connectivity index (χ0n) is 19.9. The number of carbonyl (C=O) groups excluding carboxylic acids is 1. The van der Waals surface area contributed by atoms with Crippen LogP contribution in [0.1, 0.15) is 5.56 Å². The van der Waals surface area contributed by atoms with E-state index in [1.807, 2.05) is 61.8 Å². The fourth-order valence-corrected chi connectivity index (χ4v) is 4.02. The summed E-state index contributed by atoms with van der Waals surface area (Å²) < 4.78 is 4.75. The van der Waals surface area contributed by atoms with Gasteiger partial charge >= 0.3 is 5.97 Å². The molecule has 0 aliphatic heterocycles. The lowest BCUT2D eigenvalue weighted by atomic mass is 10.0. The Kier molecular flexibility index (Phi) is 6.44. The number of aromatic amines is 2. The molecule has 178 valence electrons. The average molecular weight is 476 g/mol. The third-order valence-corrected chi connectivity index (χ3v) is 5.91. The Morgan fingerprint density at radius 1 is 0.917 bits per heavy atom. The second-order valence-corrected chi connectivity index (χ2v) is 8.10. The first-order valence-corrected chi connectivity index (χ1v) is 11.5. The second kappa shape index (κ2) is 10.1. The van der Waals surface area contributed by atoms with Gasteiger partial charge in [-0.3, -0.25) is 0 Å². The molecule has 0 spiro atoms. The maximum Gasteiger partial charge on any atom is 0.330 e. The molecule has 0 fully saturated rings. The number of hydrogen-bond acceptors (Lipinski definition) is 5. The van der Waals surface area contributed by atoms with Gasteiger partial charge in [-0.2, -0.15) is 0 Å².